The Bertz CT molecular complexity index is 637. The molecule has 1 aromatic carbocycles. The molecule has 0 aromatic heterocycles. The summed E-state index contributed by atoms with van der Waals surface area (Å²) in [5.41, 5.74) is 5.45. The van der Waals surface area contributed by atoms with E-state index in [1.165, 1.54) is 12.1 Å². The number of anilines is 1. The van der Waals surface area contributed by atoms with E-state index in [0.29, 0.717) is 5.69 Å². The molecule has 1 aromatic rings. The average Bonchev–Trinajstić information content (AvgIpc) is 2.94. The molecular weight excluding hydrogens is 302 g/mol. The zero-order chi connectivity index (χ0) is 16.2. The standard InChI is InChI=1S/C15H23N3O3S/c1-15(7-2-3-8-15)14(19)18-12-5-4-6-13(11-12)22(20,21)17-10-9-16/h4-6,11,17H,2-3,7-10,16H2,1H3,(H,18,19). The van der Waals surface area contributed by atoms with Crippen molar-refractivity contribution in [1.82, 2.24) is 4.72 Å². The predicted octanol–water partition coefficient (Wildman–Crippen LogP) is 1.44. The minimum Gasteiger partial charge on any atom is -0.329 e. The summed E-state index contributed by atoms with van der Waals surface area (Å²) in [6.07, 6.45) is 3.85. The van der Waals surface area contributed by atoms with Gasteiger partial charge in [-0.15, -0.1) is 0 Å². The quantitative estimate of drug-likeness (QED) is 0.736. The fourth-order valence-electron chi connectivity index (χ4n) is 2.68. The molecule has 2 rings (SSSR count). The van der Waals surface area contributed by atoms with Crippen LogP contribution in [0.3, 0.4) is 0 Å². The predicted molar refractivity (Wildman–Crippen MR) is 85.9 cm³/mol. The lowest BCUT2D eigenvalue weighted by molar-refractivity contribution is -0.124. The van der Waals surface area contributed by atoms with Crippen LogP contribution in [0.2, 0.25) is 0 Å². The zero-order valence-electron chi connectivity index (χ0n) is 12.8. The first kappa shape index (κ1) is 16.9. The van der Waals surface area contributed by atoms with Gasteiger partial charge in [-0.05, 0) is 31.0 Å². The van der Waals surface area contributed by atoms with Crippen LogP contribution in [0.4, 0.5) is 5.69 Å². The molecular formula is C15H23N3O3S. The number of rotatable bonds is 6. The Kier molecular flexibility index (Phi) is 5.20. The zero-order valence-corrected chi connectivity index (χ0v) is 13.6. The number of nitrogens with two attached hydrogens (primary N) is 1. The second-order valence-electron chi connectivity index (χ2n) is 5.94. The minimum absolute atomic E-state index is 0.0468. The number of carbonyl (C=O) groups excluding carboxylic acids is 1. The van der Waals surface area contributed by atoms with Crippen molar-refractivity contribution in [3.63, 3.8) is 0 Å². The highest BCUT2D eigenvalue weighted by atomic mass is 32.2. The molecule has 1 saturated carbocycles. The third-order valence-electron chi connectivity index (χ3n) is 4.09. The molecule has 122 valence electrons. The van der Waals surface area contributed by atoms with Gasteiger partial charge in [-0.2, -0.15) is 0 Å². The molecule has 0 saturated heterocycles. The number of hydrogen-bond donors (Lipinski definition) is 3. The molecule has 1 aliphatic carbocycles. The lowest BCUT2D eigenvalue weighted by Crippen LogP contribution is -2.31. The maximum Gasteiger partial charge on any atom is 0.240 e. The minimum atomic E-state index is -3.60. The molecule has 0 spiro atoms. The van der Waals surface area contributed by atoms with Gasteiger partial charge < -0.3 is 11.1 Å². The molecule has 6 nitrogen and oxygen atoms in total. The van der Waals surface area contributed by atoms with Crippen LogP contribution in [-0.2, 0) is 14.8 Å². The summed E-state index contributed by atoms with van der Waals surface area (Å²) in [4.78, 5) is 12.5. The highest BCUT2D eigenvalue weighted by Gasteiger charge is 2.36. The Morgan fingerprint density at radius 3 is 2.64 bits per heavy atom. The van der Waals surface area contributed by atoms with Gasteiger partial charge >= 0.3 is 0 Å². The van der Waals surface area contributed by atoms with Gasteiger partial charge in [0, 0.05) is 24.2 Å². The number of sulfonamides is 1. The lowest BCUT2D eigenvalue weighted by atomic mass is 9.88. The first-order valence-electron chi connectivity index (χ1n) is 7.49. The Hall–Kier alpha value is -1.44. The molecule has 0 radical (unpaired) electrons. The van der Waals surface area contributed by atoms with Gasteiger partial charge in [0.1, 0.15) is 0 Å². The van der Waals surface area contributed by atoms with Crippen molar-refractivity contribution in [2.75, 3.05) is 18.4 Å². The van der Waals surface area contributed by atoms with Crippen LogP contribution in [0, 0.1) is 5.41 Å². The Labute approximate surface area is 131 Å². The second-order valence-corrected chi connectivity index (χ2v) is 7.70. The average molecular weight is 325 g/mol. The largest absolute Gasteiger partial charge is 0.329 e. The first-order chi connectivity index (χ1) is 10.4. The van der Waals surface area contributed by atoms with Gasteiger partial charge in [-0.1, -0.05) is 25.8 Å². The van der Waals surface area contributed by atoms with E-state index < -0.39 is 10.0 Å². The smallest absolute Gasteiger partial charge is 0.240 e. The third kappa shape index (κ3) is 3.85. The number of nitrogens with one attached hydrogen (secondary N) is 2. The summed E-state index contributed by atoms with van der Waals surface area (Å²) in [5.74, 6) is -0.0468. The summed E-state index contributed by atoms with van der Waals surface area (Å²) < 4.78 is 26.5. The fraction of sp³-hybridized carbons (Fsp3) is 0.533. The lowest BCUT2D eigenvalue weighted by Gasteiger charge is -2.22. The molecule has 4 N–H and O–H groups in total. The monoisotopic (exact) mass is 325 g/mol. The molecule has 1 fully saturated rings. The van der Waals surface area contributed by atoms with E-state index >= 15 is 0 Å². The number of amides is 1. The molecule has 0 bridgehead atoms. The van der Waals surface area contributed by atoms with Crippen LogP contribution in [0.15, 0.2) is 29.2 Å². The van der Waals surface area contributed by atoms with Crippen molar-refractivity contribution < 1.29 is 13.2 Å². The maximum atomic E-state index is 12.4. The summed E-state index contributed by atoms with van der Waals surface area (Å²) >= 11 is 0. The topological polar surface area (TPSA) is 101 Å². The van der Waals surface area contributed by atoms with E-state index in [1.54, 1.807) is 12.1 Å². The van der Waals surface area contributed by atoms with Crippen LogP contribution < -0.4 is 15.8 Å². The number of benzene rings is 1. The van der Waals surface area contributed by atoms with Crippen LogP contribution in [0.25, 0.3) is 0 Å². The summed E-state index contributed by atoms with van der Waals surface area (Å²) in [6, 6.07) is 6.27. The van der Waals surface area contributed by atoms with Crippen LogP contribution in [0.1, 0.15) is 32.6 Å². The van der Waals surface area contributed by atoms with Crippen LogP contribution >= 0.6 is 0 Å². The molecule has 0 aliphatic heterocycles. The Balaban J connectivity index is 2.13. The Morgan fingerprint density at radius 1 is 1.32 bits per heavy atom. The molecule has 7 heteroatoms. The highest BCUT2D eigenvalue weighted by molar-refractivity contribution is 7.89. The van der Waals surface area contributed by atoms with E-state index in [9.17, 15) is 13.2 Å². The van der Waals surface area contributed by atoms with Crippen LogP contribution in [-0.4, -0.2) is 27.4 Å². The normalized spacial score (nSPS) is 17.4. The van der Waals surface area contributed by atoms with Gasteiger partial charge in [-0.3, -0.25) is 4.79 Å². The molecule has 0 unspecified atom stereocenters. The van der Waals surface area contributed by atoms with E-state index in [0.717, 1.165) is 25.7 Å². The first-order valence-corrected chi connectivity index (χ1v) is 8.97. The van der Waals surface area contributed by atoms with Crippen LogP contribution in [0.5, 0.6) is 0 Å². The van der Waals surface area contributed by atoms with E-state index in [4.69, 9.17) is 5.73 Å². The molecule has 1 aliphatic rings. The van der Waals surface area contributed by atoms with E-state index in [-0.39, 0.29) is 29.3 Å². The van der Waals surface area contributed by atoms with Crippen molar-refractivity contribution in [3.8, 4) is 0 Å². The molecule has 0 heterocycles. The maximum absolute atomic E-state index is 12.4. The van der Waals surface area contributed by atoms with Gasteiger partial charge in [-0.25, -0.2) is 13.1 Å². The van der Waals surface area contributed by atoms with E-state index in [1.807, 2.05) is 6.92 Å². The highest BCUT2D eigenvalue weighted by Crippen LogP contribution is 2.38. The van der Waals surface area contributed by atoms with E-state index in [2.05, 4.69) is 10.0 Å². The molecule has 22 heavy (non-hydrogen) atoms. The van der Waals surface area contributed by atoms with Crippen molar-refractivity contribution in [3.05, 3.63) is 24.3 Å². The number of carbonyl (C=O) groups is 1. The molecule has 1 amide bonds. The summed E-state index contributed by atoms with van der Waals surface area (Å²) in [7, 11) is -3.60. The summed E-state index contributed by atoms with van der Waals surface area (Å²) in [5, 5.41) is 2.84. The third-order valence-corrected chi connectivity index (χ3v) is 5.55. The van der Waals surface area contributed by atoms with Crippen molar-refractivity contribution in [2.45, 2.75) is 37.5 Å². The fourth-order valence-corrected chi connectivity index (χ4v) is 3.78. The Morgan fingerprint density at radius 2 is 2.00 bits per heavy atom. The molecule has 0 atom stereocenters. The second kappa shape index (κ2) is 6.76. The van der Waals surface area contributed by atoms with Crippen molar-refractivity contribution in [1.29, 1.82) is 0 Å². The van der Waals surface area contributed by atoms with Crippen molar-refractivity contribution in [2.24, 2.45) is 11.1 Å². The van der Waals surface area contributed by atoms with Crippen molar-refractivity contribution >= 4 is 21.6 Å². The van der Waals surface area contributed by atoms with Gasteiger partial charge in [0.15, 0.2) is 0 Å². The van der Waals surface area contributed by atoms with Gasteiger partial charge in [0.25, 0.3) is 0 Å². The van der Waals surface area contributed by atoms with Gasteiger partial charge in [0.05, 0.1) is 4.90 Å². The number of hydrogen-bond acceptors (Lipinski definition) is 4. The SMILES string of the molecule is CC1(C(=O)Nc2cccc(S(=O)(=O)NCCN)c2)CCCC1. The summed E-state index contributed by atoms with van der Waals surface area (Å²) in [6.45, 7) is 2.36. The van der Waals surface area contributed by atoms with Gasteiger partial charge in [0.2, 0.25) is 15.9 Å².